The quantitative estimate of drug-likeness (QED) is 0.466. The fourth-order valence-corrected chi connectivity index (χ4v) is 2.66. The molecule has 0 aliphatic heterocycles. The molecule has 6 nitrogen and oxygen atoms in total. The van der Waals surface area contributed by atoms with Crippen molar-refractivity contribution >= 4 is 13.1 Å². The van der Waals surface area contributed by atoms with E-state index in [9.17, 15) is 9.90 Å². The third-order valence-corrected chi connectivity index (χ3v) is 3.79. The lowest BCUT2D eigenvalue weighted by atomic mass is 9.66. The molecule has 3 unspecified atom stereocenters. The molecule has 0 bridgehead atoms. The van der Waals surface area contributed by atoms with E-state index in [1.807, 2.05) is 0 Å². The predicted octanol–water partition coefficient (Wildman–Crippen LogP) is 0.423. The molecule has 1 rings (SSSR count). The SMILES string of the molecule is CCC.NCC1CCC(CCB(O)O)CC1(N)C(=O)O. The fourth-order valence-electron chi connectivity index (χ4n) is 2.66. The Morgan fingerprint density at radius 2 is 1.90 bits per heavy atom. The maximum Gasteiger partial charge on any atom is 0.451 e. The van der Waals surface area contributed by atoms with Crippen LogP contribution >= 0.6 is 0 Å². The highest BCUT2D eigenvalue weighted by Gasteiger charge is 2.46. The van der Waals surface area contributed by atoms with Gasteiger partial charge in [-0.05, 0) is 44.0 Å². The molecule has 7 heteroatoms. The van der Waals surface area contributed by atoms with Crippen LogP contribution in [0.4, 0.5) is 0 Å². The van der Waals surface area contributed by atoms with Gasteiger partial charge < -0.3 is 26.6 Å². The van der Waals surface area contributed by atoms with E-state index in [1.165, 1.54) is 6.42 Å². The Balaban J connectivity index is 0.00000110. The van der Waals surface area contributed by atoms with Gasteiger partial charge >= 0.3 is 13.1 Å². The van der Waals surface area contributed by atoms with Crippen LogP contribution in [-0.4, -0.2) is 40.3 Å². The zero-order valence-electron chi connectivity index (χ0n) is 12.6. The number of hydrogen-bond acceptors (Lipinski definition) is 5. The second-order valence-corrected chi connectivity index (χ2v) is 5.69. The standard InChI is InChI=1S/C10H21BN2O4.C3H8/c12-6-8-2-1-7(3-4-11(16)17)5-10(8,13)9(14)15;1-3-2/h7-8,16-17H,1-6,12-13H2,(H,14,15);3H2,1-2H3. The predicted molar refractivity (Wildman–Crippen MR) is 80.0 cm³/mol. The van der Waals surface area contributed by atoms with Gasteiger partial charge in [-0.1, -0.05) is 26.7 Å². The highest BCUT2D eigenvalue weighted by Crippen LogP contribution is 2.37. The number of aliphatic carboxylic acids is 1. The summed E-state index contributed by atoms with van der Waals surface area (Å²) in [7, 11) is -1.33. The van der Waals surface area contributed by atoms with Crippen molar-refractivity contribution in [1.82, 2.24) is 0 Å². The zero-order valence-corrected chi connectivity index (χ0v) is 12.6. The van der Waals surface area contributed by atoms with Gasteiger partial charge in [0.25, 0.3) is 0 Å². The van der Waals surface area contributed by atoms with Crippen LogP contribution in [0, 0.1) is 11.8 Å². The third kappa shape index (κ3) is 5.79. The molecule has 0 aromatic heterocycles. The van der Waals surface area contributed by atoms with Gasteiger partial charge in [0.2, 0.25) is 0 Å². The summed E-state index contributed by atoms with van der Waals surface area (Å²) in [4.78, 5) is 11.2. The lowest BCUT2D eigenvalue weighted by Gasteiger charge is -2.41. The van der Waals surface area contributed by atoms with Crippen LogP contribution in [-0.2, 0) is 4.79 Å². The van der Waals surface area contributed by atoms with Gasteiger partial charge in [0.1, 0.15) is 5.54 Å². The topological polar surface area (TPSA) is 130 Å². The average molecular weight is 288 g/mol. The molecule has 0 radical (unpaired) electrons. The molecule has 1 aliphatic carbocycles. The highest BCUT2D eigenvalue weighted by atomic mass is 16.4. The molecule has 7 N–H and O–H groups in total. The minimum absolute atomic E-state index is 0.126. The van der Waals surface area contributed by atoms with Gasteiger partial charge in [0, 0.05) is 0 Å². The van der Waals surface area contributed by atoms with E-state index < -0.39 is 18.6 Å². The molecule has 0 heterocycles. The van der Waals surface area contributed by atoms with Gasteiger partial charge in [-0.25, -0.2) is 0 Å². The molecule has 1 aliphatic rings. The lowest BCUT2D eigenvalue weighted by molar-refractivity contribution is -0.147. The highest BCUT2D eigenvalue weighted by molar-refractivity contribution is 6.40. The summed E-state index contributed by atoms with van der Waals surface area (Å²) >= 11 is 0. The van der Waals surface area contributed by atoms with Gasteiger partial charge in [0.15, 0.2) is 0 Å². The van der Waals surface area contributed by atoms with Gasteiger partial charge in [-0.15, -0.1) is 0 Å². The Kier molecular flexibility index (Phi) is 9.04. The Morgan fingerprint density at radius 3 is 2.30 bits per heavy atom. The van der Waals surface area contributed by atoms with Crippen molar-refractivity contribution < 1.29 is 19.9 Å². The largest absolute Gasteiger partial charge is 0.480 e. The van der Waals surface area contributed by atoms with Crippen LogP contribution in [0.25, 0.3) is 0 Å². The Bertz CT molecular complexity index is 292. The van der Waals surface area contributed by atoms with E-state index in [-0.39, 0.29) is 24.7 Å². The van der Waals surface area contributed by atoms with Crippen LogP contribution in [0.15, 0.2) is 0 Å². The van der Waals surface area contributed by atoms with Gasteiger partial charge in [0.05, 0.1) is 0 Å². The molecule has 0 spiro atoms. The zero-order chi connectivity index (χ0) is 15.8. The summed E-state index contributed by atoms with van der Waals surface area (Å²) in [6, 6.07) is 0. The number of nitrogens with two attached hydrogens (primary N) is 2. The molecular formula is C13H29BN2O4. The van der Waals surface area contributed by atoms with Crippen LogP contribution < -0.4 is 11.5 Å². The minimum atomic E-state index is -1.33. The summed E-state index contributed by atoms with van der Waals surface area (Å²) in [5, 5.41) is 26.8. The molecule has 0 amide bonds. The van der Waals surface area contributed by atoms with Crippen LogP contribution in [0.1, 0.15) is 46.0 Å². The molecule has 3 atom stereocenters. The van der Waals surface area contributed by atoms with E-state index in [0.717, 1.165) is 6.42 Å². The Morgan fingerprint density at radius 1 is 1.35 bits per heavy atom. The molecule has 1 saturated carbocycles. The summed E-state index contributed by atoms with van der Waals surface area (Å²) in [5.41, 5.74) is 10.2. The van der Waals surface area contributed by atoms with E-state index in [4.69, 9.17) is 21.5 Å². The van der Waals surface area contributed by atoms with E-state index in [2.05, 4.69) is 13.8 Å². The van der Waals surface area contributed by atoms with Crippen LogP contribution in [0.3, 0.4) is 0 Å². The molecule has 1 fully saturated rings. The number of rotatable bonds is 5. The molecule has 0 aromatic carbocycles. The minimum Gasteiger partial charge on any atom is -0.480 e. The first-order valence-electron chi connectivity index (χ1n) is 7.40. The van der Waals surface area contributed by atoms with Crippen LogP contribution in [0.5, 0.6) is 0 Å². The number of carboxylic acids is 1. The van der Waals surface area contributed by atoms with Crippen molar-refractivity contribution in [2.24, 2.45) is 23.3 Å². The smallest absolute Gasteiger partial charge is 0.451 e. The van der Waals surface area contributed by atoms with Crippen molar-refractivity contribution in [1.29, 1.82) is 0 Å². The van der Waals surface area contributed by atoms with Crippen molar-refractivity contribution in [3.05, 3.63) is 0 Å². The maximum absolute atomic E-state index is 11.2. The molecular weight excluding hydrogens is 259 g/mol. The Labute approximate surface area is 121 Å². The normalized spacial score (nSPS) is 29.3. The number of carbonyl (C=O) groups is 1. The second kappa shape index (κ2) is 9.34. The van der Waals surface area contributed by atoms with E-state index in [0.29, 0.717) is 19.3 Å². The first-order chi connectivity index (χ1) is 9.31. The first kappa shape index (κ1) is 19.4. The molecule has 118 valence electrons. The van der Waals surface area contributed by atoms with Crippen molar-refractivity contribution in [2.45, 2.75) is 57.8 Å². The number of carboxylic acid groups (broad SMARTS) is 1. The lowest BCUT2D eigenvalue weighted by Crippen LogP contribution is -2.59. The summed E-state index contributed by atoms with van der Waals surface area (Å²) in [5.74, 6) is -1.09. The molecule has 20 heavy (non-hydrogen) atoms. The van der Waals surface area contributed by atoms with Crippen molar-refractivity contribution in [2.75, 3.05) is 6.54 Å². The van der Waals surface area contributed by atoms with E-state index >= 15 is 0 Å². The van der Waals surface area contributed by atoms with Crippen LogP contribution in [0.2, 0.25) is 6.32 Å². The van der Waals surface area contributed by atoms with Crippen molar-refractivity contribution in [3.63, 3.8) is 0 Å². The summed E-state index contributed by atoms with van der Waals surface area (Å²) < 4.78 is 0. The monoisotopic (exact) mass is 288 g/mol. The molecule has 0 saturated heterocycles. The number of hydrogen-bond donors (Lipinski definition) is 5. The molecule has 0 aromatic rings. The second-order valence-electron chi connectivity index (χ2n) is 5.69. The maximum atomic E-state index is 11.2. The van der Waals surface area contributed by atoms with Crippen molar-refractivity contribution in [3.8, 4) is 0 Å². The van der Waals surface area contributed by atoms with Gasteiger partial charge in [-0.3, -0.25) is 4.79 Å². The third-order valence-electron chi connectivity index (χ3n) is 3.79. The Hall–Kier alpha value is -0.625. The van der Waals surface area contributed by atoms with E-state index in [1.54, 1.807) is 0 Å². The summed E-state index contributed by atoms with van der Waals surface area (Å²) in [6.07, 6.45) is 3.98. The van der Waals surface area contributed by atoms with Gasteiger partial charge in [-0.2, -0.15) is 0 Å². The summed E-state index contributed by atoms with van der Waals surface area (Å²) in [6.45, 7) is 4.53. The average Bonchev–Trinajstić information content (AvgIpc) is 2.37. The fraction of sp³-hybridized carbons (Fsp3) is 0.923. The first-order valence-corrected chi connectivity index (χ1v) is 7.40.